The van der Waals surface area contributed by atoms with E-state index in [2.05, 4.69) is 17.2 Å². The summed E-state index contributed by atoms with van der Waals surface area (Å²) in [6.07, 6.45) is 3.79. The minimum absolute atomic E-state index is 0.0153. The molecule has 1 saturated carbocycles. The van der Waals surface area contributed by atoms with Crippen LogP contribution >= 0.6 is 0 Å². The van der Waals surface area contributed by atoms with Crippen LogP contribution in [0.2, 0.25) is 0 Å². The quantitative estimate of drug-likeness (QED) is 0.732. The summed E-state index contributed by atoms with van der Waals surface area (Å²) >= 11 is 0. The maximum atomic E-state index is 11.5. The topological polar surface area (TPSA) is 62.2 Å². The summed E-state index contributed by atoms with van der Waals surface area (Å²) < 4.78 is 0. The van der Waals surface area contributed by atoms with Crippen LogP contribution in [0.25, 0.3) is 0 Å². The summed E-state index contributed by atoms with van der Waals surface area (Å²) in [7, 11) is 0. The number of nitrogens with zero attached hydrogens (tertiary/aromatic N) is 1. The Balaban J connectivity index is 2.03. The van der Waals surface area contributed by atoms with Crippen molar-refractivity contribution in [3.05, 3.63) is 24.0 Å². The molecule has 4 nitrogen and oxygen atoms in total. The summed E-state index contributed by atoms with van der Waals surface area (Å²) in [6, 6.07) is 1.71. The zero-order valence-corrected chi connectivity index (χ0v) is 7.90. The number of carbonyl (C=O) groups is 1. The lowest BCUT2D eigenvalue weighted by Crippen LogP contribution is -2.26. The normalized spacial score (nSPS) is 24.4. The monoisotopic (exact) mass is 192 g/mol. The lowest BCUT2D eigenvalue weighted by molar-refractivity contribution is 0.0948. The molecule has 4 heteroatoms. The van der Waals surface area contributed by atoms with Crippen LogP contribution in [-0.4, -0.2) is 22.0 Å². The standard InChI is InChI=1S/C10H12N2O2/c1-6-2-9(6)12-10(14)7-3-8(13)5-11-4-7/h3-6,9,13H,2H2,1H3,(H,12,14). The summed E-state index contributed by atoms with van der Waals surface area (Å²) in [4.78, 5) is 15.3. The van der Waals surface area contributed by atoms with Crippen molar-refractivity contribution in [1.82, 2.24) is 10.3 Å². The molecule has 1 amide bonds. The first-order chi connectivity index (χ1) is 6.66. The van der Waals surface area contributed by atoms with Crippen LogP contribution in [0.15, 0.2) is 18.5 Å². The van der Waals surface area contributed by atoms with Crippen molar-refractivity contribution >= 4 is 5.91 Å². The molecule has 0 aromatic carbocycles. The Morgan fingerprint density at radius 3 is 2.93 bits per heavy atom. The predicted molar refractivity (Wildman–Crippen MR) is 50.9 cm³/mol. The maximum Gasteiger partial charge on any atom is 0.253 e. The number of aromatic hydroxyl groups is 1. The smallest absolute Gasteiger partial charge is 0.253 e. The van der Waals surface area contributed by atoms with Crippen molar-refractivity contribution in [1.29, 1.82) is 0 Å². The van der Waals surface area contributed by atoms with E-state index in [0.29, 0.717) is 17.5 Å². The molecule has 0 radical (unpaired) electrons. The van der Waals surface area contributed by atoms with Gasteiger partial charge in [-0.3, -0.25) is 9.78 Å². The third-order valence-electron chi connectivity index (χ3n) is 2.41. The first kappa shape index (κ1) is 8.99. The molecule has 0 spiro atoms. The second kappa shape index (κ2) is 3.29. The minimum atomic E-state index is -0.164. The average molecular weight is 192 g/mol. The number of hydrogen-bond acceptors (Lipinski definition) is 3. The van der Waals surface area contributed by atoms with Gasteiger partial charge in [0.15, 0.2) is 0 Å². The number of aromatic nitrogens is 1. The lowest BCUT2D eigenvalue weighted by Gasteiger charge is -2.03. The molecule has 1 aliphatic carbocycles. The van der Waals surface area contributed by atoms with Crippen molar-refractivity contribution in [3.8, 4) is 5.75 Å². The van der Waals surface area contributed by atoms with Crippen LogP contribution in [0.1, 0.15) is 23.7 Å². The number of hydrogen-bond donors (Lipinski definition) is 2. The Morgan fingerprint density at radius 1 is 1.64 bits per heavy atom. The zero-order valence-electron chi connectivity index (χ0n) is 7.90. The second-order valence-corrected chi connectivity index (χ2v) is 3.72. The molecule has 0 bridgehead atoms. The summed E-state index contributed by atoms with van der Waals surface area (Å²) in [6.45, 7) is 2.09. The van der Waals surface area contributed by atoms with Gasteiger partial charge >= 0.3 is 0 Å². The molecule has 14 heavy (non-hydrogen) atoms. The van der Waals surface area contributed by atoms with E-state index in [1.165, 1.54) is 18.5 Å². The third-order valence-corrected chi connectivity index (χ3v) is 2.41. The first-order valence-electron chi connectivity index (χ1n) is 4.61. The molecule has 2 rings (SSSR count). The van der Waals surface area contributed by atoms with E-state index in [4.69, 9.17) is 5.11 Å². The van der Waals surface area contributed by atoms with Crippen LogP contribution in [-0.2, 0) is 0 Å². The van der Waals surface area contributed by atoms with Crippen LogP contribution in [0.5, 0.6) is 5.75 Å². The molecule has 74 valence electrons. The van der Waals surface area contributed by atoms with Gasteiger partial charge < -0.3 is 10.4 Å². The number of pyridine rings is 1. The fourth-order valence-corrected chi connectivity index (χ4v) is 1.33. The average Bonchev–Trinajstić information content (AvgIpc) is 2.81. The molecule has 0 aliphatic heterocycles. The first-order valence-corrected chi connectivity index (χ1v) is 4.61. The van der Waals surface area contributed by atoms with Gasteiger partial charge in [-0.25, -0.2) is 0 Å². The Hall–Kier alpha value is -1.58. The fourth-order valence-electron chi connectivity index (χ4n) is 1.33. The fraction of sp³-hybridized carbons (Fsp3) is 0.400. The molecule has 0 saturated heterocycles. The van der Waals surface area contributed by atoms with Crippen LogP contribution in [0.3, 0.4) is 0 Å². The number of nitrogens with one attached hydrogen (secondary N) is 1. The SMILES string of the molecule is CC1CC1NC(=O)c1cncc(O)c1. The van der Waals surface area contributed by atoms with E-state index in [-0.39, 0.29) is 11.7 Å². The Bertz CT molecular complexity index is 365. The van der Waals surface area contributed by atoms with E-state index < -0.39 is 0 Å². The highest BCUT2D eigenvalue weighted by atomic mass is 16.3. The van der Waals surface area contributed by atoms with Gasteiger partial charge in [-0.15, -0.1) is 0 Å². The molecular weight excluding hydrogens is 180 g/mol. The Kier molecular flexibility index (Phi) is 2.11. The largest absolute Gasteiger partial charge is 0.506 e. The highest BCUT2D eigenvalue weighted by Gasteiger charge is 2.33. The molecule has 2 atom stereocenters. The van der Waals surface area contributed by atoms with Crippen molar-refractivity contribution in [2.24, 2.45) is 5.92 Å². The minimum Gasteiger partial charge on any atom is -0.506 e. The molecule has 1 aromatic heterocycles. The van der Waals surface area contributed by atoms with Gasteiger partial charge in [0, 0.05) is 12.2 Å². The number of rotatable bonds is 2. The van der Waals surface area contributed by atoms with Crippen molar-refractivity contribution in [2.45, 2.75) is 19.4 Å². The van der Waals surface area contributed by atoms with Crippen LogP contribution in [0.4, 0.5) is 0 Å². The van der Waals surface area contributed by atoms with Crippen molar-refractivity contribution in [2.75, 3.05) is 0 Å². The van der Waals surface area contributed by atoms with E-state index in [9.17, 15) is 4.79 Å². The Labute approximate surface area is 82.0 Å². The van der Waals surface area contributed by atoms with Crippen LogP contribution in [0, 0.1) is 5.92 Å². The molecule has 2 N–H and O–H groups in total. The third kappa shape index (κ3) is 1.84. The predicted octanol–water partition coefficient (Wildman–Crippen LogP) is 0.925. The summed E-state index contributed by atoms with van der Waals surface area (Å²) in [5, 5.41) is 12.0. The molecule has 1 aliphatic rings. The number of carbonyl (C=O) groups excluding carboxylic acids is 1. The van der Waals surface area contributed by atoms with Gasteiger partial charge in [-0.2, -0.15) is 0 Å². The van der Waals surface area contributed by atoms with Gasteiger partial charge in [0.25, 0.3) is 5.91 Å². The van der Waals surface area contributed by atoms with Gasteiger partial charge in [0.2, 0.25) is 0 Å². The molecule has 2 unspecified atom stereocenters. The molecular formula is C10H12N2O2. The van der Waals surface area contributed by atoms with E-state index in [0.717, 1.165) is 6.42 Å². The lowest BCUT2D eigenvalue weighted by atomic mass is 10.2. The summed E-state index contributed by atoms with van der Waals surface area (Å²) in [5.41, 5.74) is 0.407. The van der Waals surface area contributed by atoms with E-state index >= 15 is 0 Å². The van der Waals surface area contributed by atoms with Gasteiger partial charge in [-0.05, 0) is 18.4 Å². The van der Waals surface area contributed by atoms with Gasteiger partial charge in [0.1, 0.15) is 5.75 Å². The van der Waals surface area contributed by atoms with Gasteiger partial charge in [-0.1, -0.05) is 6.92 Å². The van der Waals surface area contributed by atoms with Crippen molar-refractivity contribution < 1.29 is 9.90 Å². The highest BCUT2D eigenvalue weighted by molar-refractivity contribution is 5.94. The maximum absolute atomic E-state index is 11.5. The Morgan fingerprint density at radius 2 is 2.36 bits per heavy atom. The summed E-state index contributed by atoms with van der Waals surface area (Å²) in [5.74, 6) is 0.425. The zero-order chi connectivity index (χ0) is 10.1. The number of amides is 1. The van der Waals surface area contributed by atoms with E-state index in [1.54, 1.807) is 0 Å². The molecule has 1 fully saturated rings. The van der Waals surface area contributed by atoms with Crippen molar-refractivity contribution in [3.63, 3.8) is 0 Å². The van der Waals surface area contributed by atoms with Crippen LogP contribution < -0.4 is 5.32 Å². The highest BCUT2D eigenvalue weighted by Crippen LogP contribution is 2.29. The molecule has 1 heterocycles. The second-order valence-electron chi connectivity index (χ2n) is 3.72. The van der Waals surface area contributed by atoms with E-state index in [1.807, 2.05) is 0 Å². The van der Waals surface area contributed by atoms with Gasteiger partial charge in [0.05, 0.1) is 11.8 Å². The molecule has 1 aromatic rings.